The summed E-state index contributed by atoms with van der Waals surface area (Å²) in [4.78, 5) is 6.41. The van der Waals surface area contributed by atoms with Crippen LogP contribution in [0.15, 0.2) is 23.2 Å². The molecule has 0 saturated heterocycles. The minimum atomic E-state index is 0.562. The van der Waals surface area contributed by atoms with E-state index in [4.69, 9.17) is 23.2 Å². The highest BCUT2D eigenvalue weighted by Crippen LogP contribution is 2.23. The Morgan fingerprint density at radius 3 is 2.85 bits per heavy atom. The monoisotopic (exact) mass is 394 g/mol. The highest BCUT2D eigenvalue weighted by molar-refractivity contribution is 6.42. The van der Waals surface area contributed by atoms with Gasteiger partial charge in [0, 0.05) is 33.6 Å². The summed E-state index contributed by atoms with van der Waals surface area (Å²) in [5, 5.41) is 13.2. The number of fused-ring (bicyclic) bond motifs is 1. The molecule has 0 aliphatic carbocycles. The van der Waals surface area contributed by atoms with Crippen LogP contribution < -0.4 is 5.32 Å². The molecule has 140 valence electrons. The number of rotatable bonds is 4. The van der Waals surface area contributed by atoms with Crippen LogP contribution in [-0.4, -0.2) is 39.7 Å². The average Bonchev–Trinajstić information content (AvgIpc) is 2.85. The molecular weight excluding hydrogens is 371 g/mol. The third-order valence-electron chi connectivity index (χ3n) is 4.57. The van der Waals surface area contributed by atoms with Crippen molar-refractivity contribution in [3.05, 3.63) is 45.5 Å². The van der Waals surface area contributed by atoms with E-state index in [9.17, 15) is 0 Å². The van der Waals surface area contributed by atoms with Crippen LogP contribution in [0.5, 0.6) is 0 Å². The van der Waals surface area contributed by atoms with Crippen LogP contribution in [-0.2, 0) is 26.1 Å². The molecule has 3 rings (SSSR count). The molecule has 0 spiro atoms. The van der Waals surface area contributed by atoms with Gasteiger partial charge in [-0.1, -0.05) is 35.7 Å². The number of benzene rings is 1. The predicted octanol–water partition coefficient (Wildman–Crippen LogP) is 3.52. The van der Waals surface area contributed by atoms with Crippen LogP contribution in [0, 0.1) is 0 Å². The van der Waals surface area contributed by atoms with Crippen LogP contribution in [0.2, 0.25) is 10.0 Å². The highest BCUT2D eigenvalue weighted by Gasteiger charge is 2.15. The normalized spacial score (nSPS) is 14.7. The molecule has 26 heavy (non-hydrogen) atoms. The molecule has 0 bridgehead atoms. The van der Waals surface area contributed by atoms with Gasteiger partial charge in [0.05, 0.1) is 16.6 Å². The lowest BCUT2D eigenvalue weighted by Gasteiger charge is -2.22. The van der Waals surface area contributed by atoms with Crippen molar-refractivity contribution < 1.29 is 0 Å². The first-order valence-corrected chi connectivity index (χ1v) is 9.60. The first kappa shape index (κ1) is 19.0. The SMILES string of the molecule is CN=C(NCc1nnc2n1CCCCC2)N(C)Cc1ccc(Cl)c(Cl)c1. The van der Waals surface area contributed by atoms with Gasteiger partial charge in [-0.25, -0.2) is 0 Å². The molecule has 0 atom stereocenters. The Morgan fingerprint density at radius 2 is 2.08 bits per heavy atom. The van der Waals surface area contributed by atoms with E-state index in [1.54, 1.807) is 7.05 Å². The maximum absolute atomic E-state index is 6.11. The number of hydrogen-bond donors (Lipinski definition) is 1. The van der Waals surface area contributed by atoms with Crippen molar-refractivity contribution in [3.8, 4) is 0 Å². The van der Waals surface area contributed by atoms with E-state index in [-0.39, 0.29) is 0 Å². The topological polar surface area (TPSA) is 58.3 Å². The molecule has 0 saturated carbocycles. The molecule has 1 aromatic heterocycles. The Labute approximate surface area is 164 Å². The van der Waals surface area contributed by atoms with Crippen LogP contribution in [0.3, 0.4) is 0 Å². The van der Waals surface area contributed by atoms with Gasteiger partial charge in [-0.05, 0) is 30.5 Å². The molecule has 1 aromatic carbocycles. The summed E-state index contributed by atoms with van der Waals surface area (Å²) in [6.45, 7) is 2.27. The zero-order chi connectivity index (χ0) is 18.5. The van der Waals surface area contributed by atoms with Crippen molar-refractivity contribution in [2.75, 3.05) is 14.1 Å². The maximum atomic E-state index is 6.11. The molecule has 0 amide bonds. The fourth-order valence-electron chi connectivity index (χ4n) is 3.21. The Kier molecular flexibility index (Phi) is 6.38. The van der Waals surface area contributed by atoms with Crippen LogP contribution in [0.1, 0.15) is 36.5 Å². The maximum Gasteiger partial charge on any atom is 0.194 e. The number of hydrogen-bond acceptors (Lipinski definition) is 3. The number of halogens is 2. The summed E-state index contributed by atoms with van der Waals surface area (Å²) < 4.78 is 2.24. The third kappa shape index (κ3) is 4.48. The zero-order valence-electron chi connectivity index (χ0n) is 15.2. The highest BCUT2D eigenvalue weighted by atomic mass is 35.5. The van der Waals surface area contributed by atoms with E-state index in [2.05, 4.69) is 25.1 Å². The molecular formula is C18H24Cl2N6. The molecule has 2 heterocycles. The Hall–Kier alpha value is -1.79. The van der Waals surface area contributed by atoms with Crippen molar-refractivity contribution in [1.29, 1.82) is 0 Å². The molecule has 0 unspecified atom stereocenters. The summed E-state index contributed by atoms with van der Waals surface area (Å²) in [6, 6.07) is 5.66. The lowest BCUT2D eigenvalue weighted by atomic mass is 10.2. The van der Waals surface area contributed by atoms with E-state index in [0.717, 1.165) is 36.1 Å². The number of nitrogens with one attached hydrogen (secondary N) is 1. The molecule has 1 aliphatic heterocycles. The molecule has 1 N–H and O–H groups in total. The van der Waals surface area contributed by atoms with Gasteiger partial charge in [-0.15, -0.1) is 10.2 Å². The van der Waals surface area contributed by atoms with E-state index in [1.807, 2.05) is 30.1 Å². The van der Waals surface area contributed by atoms with Gasteiger partial charge in [0.2, 0.25) is 0 Å². The zero-order valence-corrected chi connectivity index (χ0v) is 16.7. The van der Waals surface area contributed by atoms with Gasteiger partial charge in [0.1, 0.15) is 5.82 Å². The van der Waals surface area contributed by atoms with Gasteiger partial charge in [-0.2, -0.15) is 0 Å². The molecule has 2 aromatic rings. The Morgan fingerprint density at radius 1 is 1.23 bits per heavy atom. The van der Waals surface area contributed by atoms with Crippen molar-refractivity contribution in [2.24, 2.45) is 4.99 Å². The molecule has 6 nitrogen and oxygen atoms in total. The average molecular weight is 395 g/mol. The van der Waals surface area contributed by atoms with Gasteiger partial charge < -0.3 is 14.8 Å². The van der Waals surface area contributed by atoms with E-state index >= 15 is 0 Å². The smallest absolute Gasteiger partial charge is 0.194 e. The van der Waals surface area contributed by atoms with Crippen molar-refractivity contribution >= 4 is 29.2 Å². The van der Waals surface area contributed by atoms with Crippen LogP contribution in [0.25, 0.3) is 0 Å². The molecule has 0 fully saturated rings. The number of guanidine groups is 1. The lowest BCUT2D eigenvalue weighted by Crippen LogP contribution is -2.38. The first-order chi connectivity index (χ1) is 12.6. The second-order valence-electron chi connectivity index (χ2n) is 6.50. The molecule has 0 radical (unpaired) electrons. The second kappa shape index (κ2) is 8.73. The Bertz CT molecular complexity index is 786. The quantitative estimate of drug-likeness (QED) is 0.636. The Balaban J connectivity index is 1.62. The van der Waals surface area contributed by atoms with Crippen molar-refractivity contribution in [1.82, 2.24) is 25.0 Å². The number of aliphatic imine (C=N–C) groups is 1. The number of aromatic nitrogens is 3. The van der Waals surface area contributed by atoms with Crippen LogP contribution in [0.4, 0.5) is 0 Å². The van der Waals surface area contributed by atoms with E-state index < -0.39 is 0 Å². The minimum Gasteiger partial charge on any atom is -0.349 e. The van der Waals surface area contributed by atoms with Crippen LogP contribution >= 0.6 is 23.2 Å². The van der Waals surface area contributed by atoms with Crippen molar-refractivity contribution in [3.63, 3.8) is 0 Å². The van der Waals surface area contributed by atoms with Crippen molar-refractivity contribution in [2.45, 2.75) is 45.3 Å². The lowest BCUT2D eigenvalue weighted by molar-refractivity contribution is 0.473. The summed E-state index contributed by atoms with van der Waals surface area (Å²) >= 11 is 12.1. The summed E-state index contributed by atoms with van der Waals surface area (Å²) in [6.07, 6.45) is 4.65. The number of aryl methyl sites for hydroxylation is 1. The summed E-state index contributed by atoms with van der Waals surface area (Å²) in [5.74, 6) is 2.85. The second-order valence-corrected chi connectivity index (χ2v) is 7.31. The first-order valence-electron chi connectivity index (χ1n) is 8.85. The van der Waals surface area contributed by atoms with E-state index in [1.165, 1.54) is 19.3 Å². The molecule has 1 aliphatic rings. The van der Waals surface area contributed by atoms with Gasteiger partial charge >= 0.3 is 0 Å². The largest absolute Gasteiger partial charge is 0.349 e. The standard InChI is InChI=1S/C18H24Cl2N6/c1-21-18(25(2)12-13-7-8-14(19)15(20)10-13)22-11-17-24-23-16-6-4-3-5-9-26(16)17/h7-8,10H,3-6,9,11-12H2,1-2H3,(H,21,22). The van der Waals surface area contributed by atoms with Gasteiger partial charge in [-0.3, -0.25) is 4.99 Å². The van der Waals surface area contributed by atoms with Gasteiger partial charge in [0.15, 0.2) is 11.8 Å². The predicted molar refractivity (Wildman–Crippen MR) is 106 cm³/mol. The minimum absolute atomic E-state index is 0.562. The summed E-state index contributed by atoms with van der Waals surface area (Å²) in [5.41, 5.74) is 1.07. The van der Waals surface area contributed by atoms with E-state index in [0.29, 0.717) is 23.1 Å². The molecule has 8 heteroatoms. The third-order valence-corrected chi connectivity index (χ3v) is 5.31. The summed E-state index contributed by atoms with van der Waals surface area (Å²) in [7, 11) is 3.76. The number of nitrogens with zero attached hydrogens (tertiary/aromatic N) is 5. The fourth-order valence-corrected chi connectivity index (χ4v) is 3.53. The van der Waals surface area contributed by atoms with Gasteiger partial charge in [0.25, 0.3) is 0 Å². The fraction of sp³-hybridized carbons (Fsp3) is 0.500.